The second-order valence-electron chi connectivity index (χ2n) is 2.30. The zero-order valence-electron chi connectivity index (χ0n) is 6.53. The maximum Gasteiger partial charge on any atom is 0.312 e. The zero-order chi connectivity index (χ0) is 8.27. The molecule has 11 heavy (non-hydrogen) atoms. The maximum atomic E-state index is 11.0. The van der Waals surface area contributed by atoms with Crippen molar-refractivity contribution >= 4 is 17.3 Å². The van der Waals surface area contributed by atoms with Crippen LogP contribution in [0.5, 0.6) is 0 Å². The summed E-state index contributed by atoms with van der Waals surface area (Å²) in [7, 11) is 1.41. The molecule has 0 spiro atoms. The minimum atomic E-state index is -0.177. The number of esters is 1. The van der Waals surface area contributed by atoms with Gasteiger partial charge in [-0.05, 0) is 29.3 Å². The van der Waals surface area contributed by atoms with E-state index in [1.807, 2.05) is 23.8 Å². The summed E-state index contributed by atoms with van der Waals surface area (Å²) in [5.74, 6) is -0.311. The van der Waals surface area contributed by atoms with Gasteiger partial charge in [-0.2, -0.15) is 11.3 Å². The standard InChI is InChI=1S/C8H10O2S/c1-6(8(9)10-2)7-3-4-11-5-7/h3-6H,1-2H3/t6-/m0/s1. The molecule has 0 unspecified atom stereocenters. The molecule has 1 aromatic rings. The largest absolute Gasteiger partial charge is 0.469 e. The molecule has 1 heterocycles. The van der Waals surface area contributed by atoms with E-state index in [-0.39, 0.29) is 11.9 Å². The average molecular weight is 170 g/mol. The Hall–Kier alpha value is -0.830. The number of hydrogen-bond donors (Lipinski definition) is 0. The Morgan fingerprint density at radius 2 is 2.45 bits per heavy atom. The van der Waals surface area contributed by atoms with Gasteiger partial charge in [-0.25, -0.2) is 0 Å². The van der Waals surface area contributed by atoms with Crippen molar-refractivity contribution in [1.29, 1.82) is 0 Å². The summed E-state index contributed by atoms with van der Waals surface area (Å²) in [6.45, 7) is 1.84. The van der Waals surface area contributed by atoms with Crippen LogP contribution in [0.15, 0.2) is 16.8 Å². The highest BCUT2D eigenvalue weighted by Gasteiger charge is 2.14. The van der Waals surface area contributed by atoms with Crippen LogP contribution in [0.2, 0.25) is 0 Å². The van der Waals surface area contributed by atoms with Crippen LogP contribution in [0.3, 0.4) is 0 Å². The highest BCUT2D eigenvalue weighted by Crippen LogP contribution is 2.18. The molecule has 0 saturated carbocycles. The molecule has 1 aromatic heterocycles. The summed E-state index contributed by atoms with van der Waals surface area (Å²) < 4.78 is 4.60. The minimum Gasteiger partial charge on any atom is -0.469 e. The number of carbonyl (C=O) groups excluding carboxylic acids is 1. The smallest absolute Gasteiger partial charge is 0.312 e. The molecule has 0 saturated heterocycles. The van der Waals surface area contributed by atoms with Gasteiger partial charge in [-0.1, -0.05) is 0 Å². The first-order chi connectivity index (χ1) is 5.25. The lowest BCUT2D eigenvalue weighted by Crippen LogP contribution is -2.09. The van der Waals surface area contributed by atoms with Crippen molar-refractivity contribution < 1.29 is 9.53 Å². The van der Waals surface area contributed by atoms with Gasteiger partial charge in [0, 0.05) is 0 Å². The molecule has 60 valence electrons. The highest BCUT2D eigenvalue weighted by atomic mass is 32.1. The lowest BCUT2D eigenvalue weighted by Gasteiger charge is -2.05. The van der Waals surface area contributed by atoms with E-state index in [1.165, 1.54) is 7.11 Å². The molecule has 0 aromatic carbocycles. The van der Waals surface area contributed by atoms with Crippen LogP contribution in [0.25, 0.3) is 0 Å². The summed E-state index contributed by atoms with van der Waals surface area (Å²) in [5, 5.41) is 3.91. The summed E-state index contributed by atoms with van der Waals surface area (Å²) in [6.07, 6.45) is 0. The molecule has 0 radical (unpaired) electrons. The molecular weight excluding hydrogens is 160 g/mol. The van der Waals surface area contributed by atoms with Gasteiger partial charge in [0.25, 0.3) is 0 Å². The van der Waals surface area contributed by atoms with Crippen molar-refractivity contribution in [2.24, 2.45) is 0 Å². The number of ether oxygens (including phenoxy) is 1. The van der Waals surface area contributed by atoms with Crippen molar-refractivity contribution in [2.45, 2.75) is 12.8 Å². The van der Waals surface area contributed by atoms with Gasteiger partial charge in [0.1, 0.15) is 0 Å². The highest BCUT2D eigenvalue weighted by molar-refractivity contribution is 7.08. The van der Waals surface area contributed by atoms with Gasteiger partial charge >= 0.3 is 5.97 Å². The van der Waals surface area contributed by atoms with Gasteiger partial charge in [-0.15, -0.1) is 0 Å². The van der Waals surface area contributed by atoms with E-state index in [9.17, 15) is 4.79 Å². The van der Waals surface area contributed by atoms with Gasteiger partial charge < -0.3 is 4.74 Å². The maximum absolute atomic E-state index is 11.0. The third-order valence-electron chi connectivity index (χ3n) is 1.60. The van der Waals surface area contributed by atoms with Crippen LogP contribution in [0.4, 0.5) is 0 Å². The third kappa shape index (κ3) is 1.80. The molecule has 0 N–H and O–H groups in total. The molecule has 0 amide bonds. The quantitative estimate of drug-likeness (QED) is 0.635. The predicted molar refractivity (Wildman–Crippen MR) is 44.8 cm³/mol. The summed E-state index contributed by atoms with van der Waals surface area (Å²) in [4.78, 5) is 11.0. The fourth-order valence-electron chi connectivity index (χ4n) is 0.834. The Morgan fingerprint density at radius 3 is 2.91 bits per heavy atom. The van der Waals surface area contributed by atoms with Crippen LogP contribution in [0, 0.1) is 0 Å². The number of rotatable bonds is 2. The number of hydrogen-bond acceptors (Lipinski definition) is 3. The SMILES string of the molecule is COC(=O)[C@@H](C)c1ccsc1. The van der Waals surface area contributed by atoms with Gasteiger partial charge in [0.2, 0.25) is 0 Å². The van der Waals surface area contributed by atoms with Crippen molar-refractivity contribution in [3.8, 4) is 0 Å². The van der Waals surface area contributed by atoms with Crippen molar-refractivity contribution in [1.82, 2.24) is 0 Å². The second-order valence-corrected chi connectivity index (χ2v) is 3.08. The molecule has 0 aliphatic heterocycles. The van der Waals surface area contributed by atoms with E-state index in [1.54, 1.807) is 11.3 Å². The fourth-order valence-corrected chi connectivity index (χ4v) is 1.59. The Kier molecular flexibility index (Phi) is 2.65. The predicted octanol–water partition coefficient (Wildman–Crippen LogP) is 2.02. The monoisotopic (exact) mass is 170 g/mol. The second kappa shape index (κ2) is 3.53. The van der Waals surface area contributed by atoms with Crippen LogP contribution in [-0.4, -0.2) is 13.1 Å². The normalized spacial score (nSPS) is 12.5. The molecule has 0 aliphatic carbocycles. The molecule has 0 fully saturated rings. The van der Waals surface area contributed by atoms with E-state index in [2.05, 4.69) is 4.74 Å². The minimum absolute atomic E-state index is 0.133. The summed E-state index contributed by atoms with van der Waals surface area (Å²) in [5.41, 5.74) is 1.03. The van der Waals surface area contributed by atoms with E-state index in [4.69, 9.17) is 0 Å². The topological polar surface area (TPSA) is 26.3 Å². The van der Waals surface area contributed by atoms with Crippen molar-refractivity contribution in [3.63, 3.8) is 0 Å². The number of carbonyl (C=O) groups is 1. The molecule has 0 bridgehead atoms. The zero-order valence-corrected chi connectivity index (χ0v) is 7.35. The van der Waals surface area contributed by atoms with Gasteiger partial charge in [0.15, 0.2) is 0 Å². The fraction of sp³-hybridized carbons (Fsp3) is 0.375. The van der Waals surface area contributed by atoms with E-state index in [0.29, 0.717) is 0 Å². The van der Waals surface area contributed by atoms with Crippen molar-refractivity contribution in [2.75, 3.05) is 7.11 Å². The Morgan fingerprint density at radius 1 is 1.73 bits per heavy atom. The Labute approximate surface area is 69.8 Å². The first kappa shape index (κ1) is 8.27. The van der Waals surface area contributed by atoms with Crippen LogP contribution < -0.4 is 0 Å². The molecule has 1 atom stereocenters. The van der Waals surface area contributed by atoms with Gasteiger partial charge in [0.05, 0.1) is 13.0 Å². The molecular formula is C8H10O2S. The summed E-state index contributed by atoms with van der Waals surface area (Å²) in [6, 6.07) is 1.94. The average Bonchev–Trinajstić information content (AvgIpc) is 2.53. The molecule has 2 nitrogen and oxygen atoms in total. The number of methoxy groups -OCH3 is 1. The van der Waals surface area contributed by atoms with Crippen molar-refractivity contribution in [3.05, 3.63) is 22.4 Å². The van der Waals surface area contributed by atoms with E-state index >= 15 is 0 Å². The van der Waals surface area contributed by atoms with Crippen LogP contribution >= 0.6 is 11.3 Å². The van der Waals surface area contributed by atoms with Crippen LogP contribution in [-0.2, 0) is 9.53 Å². The van der Waals surface area contributed by atoms with Crippen LogP contribution in [0.1, 0.15) is 18.4 Å². The molecule has 3 heteroatoms. The Bertz CT molecular complexity index is 228. The lowest BCUT2D eigenvalue weighted by atomic mass is 10.1. The van der Waals surface area contributed by atoms with E-state index < -0.39 is 0 Å². The lowest BCUT2D eigenvalue weighted by molar-refractivity contribution is -0.141. The van der Waals surface area contributed by atoms with Gasteiger partial charge in [-0.3, -0.25) is 4.79 Å². The Balaban J connectivity index is 2.70. The number of thiophene rings is 1. The first-order valence-corrected chi connectivity index (χ1v) is 4.30. The molecule has 1 rings (SSSR count). The molecule has 0 aliphatic rings. The summed E-state index contributed by atoms with van der Waals surface area (Å²) >= 11 is 1.59. The van der Waals surface area contributed by atoms with E-state index in [0.717, 1.165) is 5.56 Å². The first-order valence-electron chi connectivity index (χ1n) is 3.35. The third-order valence-corrected chi connectivity index (χ3v) is 2.30.